The fourth-order valence-corrected chi connectivity index (χ4v) is 2.80. The van der Waals surface area contributed by atoms with Gasteiger partial charge in [0.2, 0.25) is 0 Å². The number of rotatable bonds is 4. The average molecular weight is 483 g/mol. The van der Waals surface area contributed by atoms with Crippen molar-refractivity contribution in [2.45, 2.75) is 26.4 Å². The Morgan fingerprint density at radius 1 is 1.04 bits per heavy atom. The molecule has 0 atom stereocenters. The number of nitro benzene ring substituents is 1. The molecule has 0 heterocycles. The highest BCUT2D eigenvalue weighted by atomic mass is 127. The van der Waals surface area contributed by atoms with Gasteiger partial charge in [-0.3, -0.25) is 20.2 Å². The third kappa shape index (κ3) is 6.20. The summed E-state index contributed by atoms with van der Waals surface area (Å²) in [6, 6.07) is 10.5. The summed E-state index contributed by atoms with van der Waals surface area (Å²) in [6.07, 6.45) is -0.570. The van der Waals surface area contributed by atoms with Crippen LogP contribution in [-0.2, 0) is 4.74 Å². The summed E-state index contributed by atoms with van der Waals surface area (Å²) in [4.78, 5) is 34.4. The summed E-state index contributed by atoms with van der Waals surface area (Å²) in [5.41, 5.74) is 0.696. The number of amides is 2. The molecule has 0 aliphatic carbocycles. The van der Waals surface area contributed by atoms with E-state index in [2.05, 4.69) is 10.6 Å². The van der Waals surface area contributed by atoms with Gasteiger partial charge in [-0.15, -0.1) is 0 Å². The van der Waals surface area contributed by atoms with E-state index in [4.69, 9.17) is 4.74 Å². The van der Waals surface area contributed by atoms with Crippen LogP contribution >= 0.6 is 22.6 Å². The van der Waals surface area contributed by atoms with Crippen LogP contribution in [0.2, 0.25) is 0 Å². The van der Waals surface area contributed by atoms with Gasteiger partial charge in [-0.25, -0.2) is 4.79 Å². The van der Waals surface area contributed by atoms with E-state index in [0.717, 1.165) is 0 Å². The van der Waals surface area contributed by atoms with Crippen LogP contribution in [0.15, 0.2) is 42.5 Å². The van der Waals surface area contributed by atoms with Gasteiger partial charge in [0, 0.05) is 27.1 Å². The Bertz CT molecular complexity index is 876. The minimum Gasteiger partial charge on any atom is -0.444 e. The fraction of sp³-hybridized carbons (Fsp3) is 0.222. The molecule has 0 saturated heterocycles. The van der Waals surface area contributed by atoms with Gasteiger partial charge in [0.15, 0.2) is 0 Å². The summed E-state index contributed by atoms with van der Waals surface area (Å²) in [7, 11) is 0. The van der Waals surface area contributed by atoms with Crippen LogP contribution in [0, 0.1) is 13.7 Å². The van der Waals surface area contributed by atoms with Crippen molar-refractivity contribution in [1.29, 1.82) is 0 Å². The second kappa shape index (κ2) is 8.33. The van der Waals surface area contributed by atoms with E-state index in [1.807, 2.05) is 22.6 Å². The molecule has 9 heteroatoms. The molecule has 0 saturated carbocycles. The fourth-order valence-electron chi connectivity index (χ4n) is 2.06. The Hall–Kier alpha value is -2.69. The van der Waals surface area contributed by atoms with Crippen molar-refractivity contribution >= 4 is 51.7 Å². The number of carbonyl (C=O) groups is 2. The van der Waals surface area contributed by atoms with E-state index in [0.29, 0.717) is 20.5 Å². The molecule has 2 amide bonds. The van der Waals surface area contributed by atoms with Crippen molar-refractivity contribution in [3.05, 3.63) is 61.7 Å². The van der Waals surface area contributed by atoms with E-state index < -0.39 is 16.6 Å². The van der Waals surface area contributed by atoms with Crippen molar-refractivity contribution in [1.82, 2.24) is 0 Å². The molecule has 0 unspecified atom stereocenters. The summed E-state index contributed by atoms with van der Waals surface area (Å²) in [6.45, 7) is 5.31. The molecule has 2 rings (SSSR count). The van der Waals surface area contributed by atoms with E-state index in [-0.39, 0.29) is 11.6 Å². The SMILES string of the molecule is CC(C)(C)OC(=O)Nc1ccc(NC(=O)c2ccc([N+](=O)[O-])cc2I)cc1. The quantitative estimate of drug-likeness (QED) is 0.369. The maximum absolute atomic E-state index is 12.4. The van der Waals surface area contributed by atoms with Crippen molar-refractivity contribution in [2.24, 2.45) is 0 Å². The molecular formula is C18H18IN3O5. The highest BCUT2D eigenvalue weighted by Gasteiger charge is 2.17. The van der Waals surface area contributed by atoms with Gasteiger partial charge in [-0.1, -0.05) is 0 Å². The van der Waals surface area contributed by atoms with E-state index >= 15 is 0 Å². The lowest BCUT2D eigenvalue weighted by atomic mass is 10.2. The number of carbonyl (C=O) groups excluding carboxylic acids is 2. The molecule has 8 nitrogen and oxygen atoms in total. The number of nitro groups is 1. The van der Waals surface area contributed by atoms with Gasteiger partial charge in [0.05, 0.1) is 10.5 Å². The van der Waals surface area contributed by atoms with Crippen molar-refractivity contribution < 1.29 is 19.2 Å². The number of halogens is 1. The molecule has 0 fully saturated rings. The van der Waals surface area contributed by atoms with Crippen molar-refractivity contribution in [3.63, 3.8) is 0 Å². The lowest BCUT2D eigenvalue weighted by Crippen LogP contribution is -2.27. The van der Waals surface area contributed by atoms with Crippen LogP contribution in [0.25, 0.3) is 0 Å². The summed E-state index contributed by atoms with van der Waals surface area (Å²) in [5.74, 6) is -0.387. The van der Waals surface area contributed by atoms with Crippen LogP contribution in [0.3, 0.4) is 0 Å². The first-order chi connectivity index (χ1) is 12.5. The molecule has 2 N–H and O–H groups in total. The van der Waals surface area contributed by atoms with Crippen molar-refractivity contribution in [3.8, 4) is 0 Å². The molecule has 0 aromatic heterocycles. The summed E-state index contributed by atoms with van der Waals surface area (Å²) < 4.78 is 5.64. The third-order valence-electron chi connectivity index (χ3n) is 3.20. The molecule has 0 aliphatic heterocycles. The smallest absolute Gasteiger partial charge is 0.412 e. The van der Waals surface area contributed by atoms with Gasteiger partial charge in [-0.2, -0.15) is 0 Å². The lowest BCUT2D eigenvalue weighted by Gasteiger charge is -2.19. The standard InChI is InChI=1S/C18H18IN3O5/c1-18(2,3)27-17(24)21-12-6-4-11(5-7-12)20-16(23)14-9-8-13(22(25)26)10-15(14)19/h4-10H,1-3H3,(H,20,23)(H,21,24). The van der Waals surface area contributed by atoms with E-state index in [1.165, 1.54) is 18.2 Å². The molecular weight excluding hydrogens is 465 g/mol. The first kappa shape index (κ1) is 20.6. The molecule has 0 spiro atoms. The molecule has 0 bridgehead atoms. The Kier molecular flexibility index (Phi) is 6.37. The van der Waals surface area contributed by atoms with Gasteiger partial charge < -0.3 is 10.1 Å². The predicted octanol–water partition coefficient (Wildman–Crippen LogP) is 4.80. The number of non-ortho nitro benzene ring substituents is 1. The zero-order chi connectivity index (χ0) is 20.2. The number of anilines is 2. The van der Waals surface area contributed by atoms with Crippen molar-refractivity contribution in [2.75, 3.05) is 10.6 Å². The normalized spacial score (nSPS) is 10.8. The number of hydrogen-bond acceptors (Lipinski definition) is 5. The molecule has 0 radical (unpaired) electrons. The van der Waals surface area contributed by atoms with E-state index in [9.17, 15) is 19.7 Å². The first-order valence-electron chi connectivity index (χ1n) is 7.90. The Morgan fingerprint density at radius 2 is 1.59 bits per heavy atom. The number of hydrogen-bond donors (Lipinski definition) is 2. The van der Waals surface area contributed by atoms with Crippen LogP contribution in [0.4, 0.5) is 21.9 Å². The third-order valence-corrected chi connectivity index (χ3v) is 4.09. The van der Waals surface area contributed by atoms with Crippen LogP contribution < -0.4 is 10.6 Å². The molecule has 27 heavy (non-hydrogen) atoms. The molecule has 142 valence electrons. The first-order valence-corrected chi connectivity index (χ1v) is 8.98. The lowest BCUT2D eigenvalue weighted by molar-refractivity contribution is -0.384. The van der Waals surface area contributed by atoms with Gasteiger partial charge in [-0.05, 0) is 73.7 Å². The zero-order valence-corrected chi connectivity index (χ0v) is 17.1. The minimum absolute atomic E-state index is 0.0754. The highest BCUT2D eigenvalue weighted by Crippen LogP contribution is 2.21. The van der Waals surface area contributed by atoms with Gasteiger partial charge in [0.25, 0.3) is 11.6 Å². The minimum atomic E-state index is -0.597. The van der Waals surface area contributed by atoms with Gasteiger partial charge in [0.1, 0.15) is 5.60 Å². The second-order valence-corrected chi connectivity index (χ2v) is 7.74. The number of benzene rings is 2. The van der Waals surface area contributed by atoms with Gasteiger partial charge >= 0.3 is 6.09 Å². The molecule has 2 aromatic rings. The van der Waals surface area contributed by atoms with E-state index in [1.54, 1.807) is 45.0 Å². The highest BCUT2D eigenvalue weighted by molar-refractivity contribution is 14.1. The Morgan fingerprint density at radius 3 is 2.07 bits per heavy atom. The molecule has 0 aliphatic rings. The Labute approximate surface area is 169 Å². The second-order valence-electron chi connectivity index (χ2n) is 6.58. The van der Waals surface area contributed by atoms with Crippen LogP contribution in [0.1, 0.15) is 31.1 Å². The Balaban J connectivity index is 2.03. The average Bonchev–Trinajstić information content (AvgIpc) is 2.54. The predicted molar refractivity (Wildman–Crippen MR) is 110 cm³/mol. The maximum atomic E-state index is 12.4. The number of ether oxygens (including phenoxy) is 1. The monoisotopic (exact) mass is 483 g/mol. The molecule has 2 aromatic carbocycles. The van der Waals surface area contributed by atoms with Crippen LogP contribution in [-0.4, -0.2) is 22.5 Å². The topological polar surface area (TPSA) is 111 Å². The largest absolute Gasteiger partial charge is 0.444 e. The summed E-state index contributed by atoms with van der Waals surface area (Å²) >= 11 is 1.88. The summed E-state index contributed by atoms with van der Waals surface area (Å²) in [5, 5.41) is 16.1. The number of nitrogens with zero attached hydrogens (tertiary/aromatic N) is 1. The van der Waals surface area contributed by atoms with Crippen LogP contribution in [0.5, 0.6) is 0 Å². The zero-order valence-electron chi connectivity index (χ0n) is 14.9. The number of nitrogens with one attached hydrogen (secondary N) is 2. The maximum Gasteiger partial charge on any atom is 0.412 e.